The number of carboxylic acids is 1. The summed E-state index contributed by atoms with van der Waals surface area (Å²) in [6.45, 7) is 4.57. The van der Waals surface area contributed by atoms with Crippen LogP contribution in [-0.2, 0) is 14.3 Å². The van der Waals surface area contributed by atoms with Crippen molar-refractivity contribution in [2.24, 2.45) is 5.92 Å². The smallest absolute Gasteiger partial charge is 0.307 e. The highest BCUT2D eigenvalue weighted by atomic mass is 16.5. The molecule has 4 nitrogen and oxygen atoms in total. The Morgan fingerprint density at radius 1 is 0.564 bits per heavy atom. The topological polar surface area (TPSA) is 63.6 Å². The van der Waals surface area contributed by atoms with Crippen molar-refractivity contribution in [1.82, 2.24) is 0 Å². The number of hydrogen-bond donors (Lipinski definition) is 1. The van der Waals surface area contributed by atoms with Gasteiger partial charge in [0.2, 0.25) is 0 Å². The summed E-state index contributed by atoms with van der Waals surface area (Å²) in [6, 6.07) is 0. The summed E-state index contributed by atoms with van der Waals surface area (Å²) in [6.07, 6.45) is 38.0. The van der Waals surface area contributed by atoms with Gasteiger partial charge in [-0.25, -0.2) is 0 Å². The standard InChI is InChI=1S/C35H66O4/c1-3-5-6-7-8-9-10-11-12-13-14-15-16-17-18-19-20-21-22-23-24-25-26-27-28-29-30-33(35(37)38)32-34(36)39-31-4-2/h7-8,33H,3-6,9-32H2,1-2H3,(H,37,38)/b8-7+. The zero-order valence-electron chi connectivity index (χ0n) is 26.2. The number of hydrogen-bond acceptors (Lipinski definition) is 3. The van der Waals surface area contributed by atoms with Crippen molar-refractivity contribution >= 4 is 11.9 Å². The van der Waals surface area contributed by atoms with Gasteiger partial charge in [-0.15, -0.1) is 0 Å². The van der Waals surface area contributed by atoms with E-state index in [0.717, 1.165) is 19.3 Å². The molecule has 1 N–H and O–H groups in total. The Morgan fingerprint density at radius 2 is 0.949 bits per heavy atom. The highest BCUT2D eigenvalue weighted by molar-refractivity contribution is 5.78. The maximum Gasteiger partial charge on any atom is 0.307 e. The van der Waals surface area contributed by atoms with Crippen molar-refractivity contribution in [3.63, 3.8) is 0 Å². The number of allylic oxidation sites excluding steroid dienone is 2. The van der Waals surface area contributed by atoms with Crippen LogP contribution in [0.2, 0.25) is 0 Å². The molecule has 39 heavy (non-hydrogen) atoms. The summed E-state index contributed by atoms with van der Waals surface area (Å²) in [7, 11) is 0. The Balaban J connectivity index is 3.29. The molecule has 0 saturated carbocycles. The minimum absolute atomic E-state index is 0.00716. The zero-order valence-corrected chi connectivity index (χ0v) is 26.2. The normalized spacial score (nSPS) is 12.3. The quantitative estimate of drug-likeness (QED) is 0.0529. The minimum atomic E-state index is -0.874. The lowest BCUT2D eigenvalue weighted by molar-refractivity contribution is -0.151. The van der Waals surface area contributed by atoms with E-state index in [9.17, 15) is 14.7 Å². The fraction of sp³-hybridized carbons (Fsp3) is 0.886. The Labute approximate surface area is 243 Å². The van der Waals surface area contributed by atoms with Gasteiger partial charge in [-0.3, -0.25) is 9.59 Å². The molecule has 0 radical (unpaired) electrons. The molecule has 0 spiro atoms. The molecule has 0 aliphatic rings. The number of carboxylic acid groups (broad SMARTS) is 1. The van der Waals surface area contributed by atoms with E-state index in [-0.39, 0.29) is 12.4 Å². The van der Waals surface area contributed by atoms with Gasteiger partial charge in [0, 0.05) is 0 Å². The third kappa shape index (κ3) is 29.5. The monoisotopic (exact) mass is 550 g/mol. The Hall–Kier alpha value is -1.32. The van der Waals surface area contributed by atoms with Crippen LogP contribution in [0.3, 0.4) is 0 Å². The van der Waals surface area contributed by atoms with Gasteiger partial charge in [-0.05, 0) is 32.1 Å². The first-order valence-electron chi connectivity index (χ1n) is 17.1. The number of aliphatic carboxylic acids is 1. The van der Waals surface area contributed by atoms with Crippen LogP contribution in [0.15, 0.2) is 12.2 Å². The predicted octanol–water partition coefficient (Wildman–Crippen LogP) is 11.4. The number of esters is 1. The van der Waals surface area contributed by atoms with Crippen molar-refractivity contribution in [3.05, 3.63) is 12.2 Å². The first kappa shape index (κ1) is 37.7. The number of carbonyl (C=O) groups excluding carboxylic acids is 1. The SMILES string of the molecule is CCCC/C=C/CCCCCCCCCCCCCCCCCCCCCCC(CC(=O)OCCC)C(=O)O. The Morgan fingerprint density at radius 3 is 1.33 bits per heavy atom. The summed E-state index contributed by atoms with van der Waals surface area (Å²) in [5, 5.41) is 9.33. The van der Waals surface area contributed by atoms with Gasteiger partial charge in [-0.2, -0.15) is 0 Å². The molecule has 0 rings (SSSR count). The van der Waals surface area contributed by atoms with Crippen LogP contribution in [0.1, 0.15) is 187 Å². The second-order valence-electron chi connectivity index (χ2n) is 11.7. The highest BCUT2D eigenvalue weighted by Crippen LogP contribution is 2.18. The van der Waals surface area contributed by atoms with Crippen molar-refractivity contribution in [2.45, 2.75) is 187 Å². The van der Waals surface area contributed by atoms with Crippen molar-refractivity contribution in [2.75, 3.05) is 6.61 Å². The van der Waals surface area contributed by atoms with E-state index < -0.39 is 11.9 Å². The van der Waals surface area contributed by atoms with Crippen LogP contribution in [-0.4, -0.2) is 23.7 Å². The largest absolute Gasteiger partial charge is 0.481 e. The Kier molecular flexibility index (Phi) is 30.2. The van der Waals surface area contributed by atoms with Crippen LogP contribution in [0.5, 0.6) is 0 Å². The molecule has 0 aliphatic carbocycles. The van der Waals surface area contributed by atoms with Gasteiger partial charge >= 0.3 is 11.9 Å². The van der Waals surface area contributed by atoms with Crippen molar-refractivity contribution in [1.29, 1.82) is 0 Å². The van der Waals surface area contributed by atoms with E-state index in [1.807, 2.05) is 6.92 Å². The van der Waals surface area contributed by atoms with Gasteiger partial charge in [-0.1, -0.05) is 161 Å². The van der Waals surface area contributed by atoms with Gasteiger partial charge in [0.05, 0.1) is 18.9 Å². The highest BCUT2D eigenvalue weighted by Gasteiger charge is 2.21. The van der Waals surface area contributed by atoms with Gasteiger partial charge in [0.1, 0.15) is 0 Å². The van der Waals surface area contributed by atoms with Crippen LogP contribution in [0.4, 0.5) is 0 Å². The second-order valence-corrected chi connectivity index (χ2v) is 11.7. The van der Waals surface area contributed by atoms with E-state index in [2.05, 4.69) is 19.1 Å². The van der Waals surface area contributed by atoms with E-state index in [1.165, 1.54) is 141 Å². The number of rotatable bonds is 31. The van der Waals surface area contributed by atoms with Gasteiger partial charge in [0.15, 0.2) is 0 Å². The third-order valence-electron chi connectivity index (χ3n) is 7.79. The zero-order chi connectivity index (χ0) is 28.7. The van der Waals surface area contributed by atoms with E-state index in [0.29, 0.717) is 13.0 Å². The lowest BCUT2D eigenvalue weighted by Gasteiger charge is -2.11. The fourth-order valence-electron chi connectivity index (χ4n) is 5.18. The molecular weight excluding hydrogens is 484 g/mol. The number of ether oxygens (including phenoxy) is 1. The Bertz CT molecular complexity index is 557. The van der Waals surface area contributed by atoms with Crippen LogP contribution < -0.4 is 0 Å². The summed E-state index contributed by atoms with van der Waals surface area (Å²) in [5.41, 5.74) is 0. The molecule has 0 saturated heterocycles. The van der Waals surface area contributed by atoms with Crippen molar-refractivity contribution < 1.29 is 19.4 Å². The summed E-state index contributed by atoms with van der Waals surface area (Å²) in [4.78, 5) is 23.1. The lowest BCUT2D eigenvalue weighted by Crippen LogP contribution is -2.19. The van der Waals surface area contributed by atoms with Crippen molar-refractivity contribution in [3.8, 4) is 0 Å². The van der Waals surface area contributed by atoms with E-state index >= 15 is 0 Å². The molecule has 0 bridgehead atoms. The maximum absolute atomic E-state index is 11.7. The molecule has 1 unspecified atom stereocenters. The predicted molar refractivity (Wildman–Crippen MR) is 167 cm³/mol. The summed E-state index contributed by atoms with van der Waals surface area (Å²) in [5.74, 6) is -1.85. The second kappa shape index (κ2) is 31.2. The molecule has 0 amide bonds. The molecule has 0 heterocycles. The number of carbonyl (C=O) groups is 2. The molecule has 0 fully saturated rings. The number of unbranched alkanes of at least 4 members (excludes halogenated alkanes) is 22. The molecule has 0 aliphatic heterocycles. The van der Waals surface area contributed by atoms with Gasteiger partial charge in [0.25, 0.3) is 0 Å². The maximum atomic E-state index is 11.7. The molecule has 0 aromatic carbocycles. The van der Waals surface area contributed by atoms with Crippen LogP contribution in [0.25, 0.3) is 0 Å². The summed E-state index contributed by atoms with van der Waals surface area (Å²) >= 11 is 0. The third-order valence-corrected chi connectivity index (χ3v) is 7.79. The molecule has 0 aromatic heterocycles. The first-order valence-corrected chi connectivity index (χ1v) is 17.1. The summed E-state index contributed by atoms with van der Waals surface area (Å²) < 4.78 is 5.03. The average molecular weight is 551 g/mol. The lowest BCUT2D eigenvalue weighted by atomic mass is 9.97. The van der Waals surface area contributed by atoms with Crippen LogP contribution >= 0.6 is 0 Å². The fourth-order valence-corrected chi connectivity index (χ4v) is 5.18. The molecule has 230 valence electrons. The molecular formula is C35H66O4. The van der Waals surface area contributed by atoms with Crippen LogP contribution in [0, 0.1) is 5.92 Å². The van der Waals surface area contributed by atoms with Gasteiger partial charge < -0.3 is 9.84 Å². The van der Waals surface area contributed by atoms with E-state index in [1.54, 1.807) is 0 Å². The minimum Gasteiger partial charge on any atom is -0.481 e. The van der Waals surface area contributed by atoms with E-state index in [4.69, 9.17) is 4.74 Å². The first-order chi connectivity index (χ1) is 19.1. The average Bonchev–Trinajstić information content (AvgIpc) is 2.93. The molecule has 1 atom stereocenters. The molecule has 4 heteroatoms. The molecule has 0 aromatic rings.